The van der Waals surface area contributed by atoms with Crippen LogP contribution in [0.4, 0.5) is 36.8 Å². The van der Waals surface area contributed by atoms with Crippen LogP contribution in [0.25, 0.3) is 0 Å². The van der Waals surface area contributed by atoms with E-state index in [-0.39, 0.29) is 24.3 Å². The van der Waals surface area contributed by atoms with Crippen molar-refractivity contribution >= 4 is 11.7 Å². The minimum atomic E-state index is -5.95. The van der Waals surface area contributed by atoms with Gasteiger partial charge in [-0.15, -0.1) is 0 Å². The van der Waals surface area contributed by atoms with Crippen molar-refractivity contribution in [2.24, 2.45) is 0 Å². The zero-order valence-electron chi connectivity index (χ0n) is 18.3. The van der Waals surface area contributed by atoms with E-state index in [0.717, 1.165) is 50.7 Å². The number of anilines is 1. The highest BCUT2D eigenvalue weighted by atomic mass is 19.4. The SMILES string of the molecule is CCCCN(C(=O)N(CC)C1CCCCC1)c1ccc(C(O)(C(F)(F)F)C(F)(F)F)cc1. The summed E-state index contributed by atoms with van der Waals surface area (Å²) in [5.41, 5.74) is -6.15. The molecule has 0 aromatic heterocycles. The van der Waals surface area contributed by atoms with Crippen LogP contribution in [0.1, 0.15) is 64.4 Å². The summed E-state index contributed by atoms with van der Waals surface area (Å²) >= 11 is 0. The Morgan fingerprint density at radius 3 is 1.94 bits per heavy atom. The zero-order valence-corrected chi connectivity index (χ0v) is 18.3. The molecule has 4 nitrogen and oxygen atoms in total. The second-order valence-electron chi connectivity index (χ2n) is 8.12. The smallest absolute Gasteiger partial charge is 0.369 e. The van der Waals surface area contributed by atoms with Gasteiger partial charge in [0.05, 0.1) is 0 Å². The molecular weight excluding hydrogens is 438 g/mol. The normalized spacial score (nSPS) is 16.2. The summed E-state index contributed by atoms with van der Waals surface area (Å²) in [6, 6.07) is 2.96. The van der Waals surface area contributed by atoms with E-state index in [4.69, 9.17) is 0 Å². The van der Waals surface area contributed by atoms with Crippen LogP contribution in [0.15, 0.2) is 24.3 Å². The summed E-state index contributed by atoms with van der Waals surface area (Å²) < 4.78 is 78.9. The van der Waals surface area contributed by atoms with Gasteiger partial charge in [-0.1, -0.05) is 44.7 Å². The number of carbonyl (C=O) groups excluding carboxylic acids is 1. The van der Waals surface area contributed by atoms with Gasteiger partial charge < -0.3 is 10.0 Å². The number of halogens is 6. The molecule has 10 heteroatoms. The standard InChI is InChI=1S/C22H30F6N2O2/c1-3-5-15-30(19(31)29(4-2)17-9-7-6-8-10-17)18-13-11-16(12-14-18)20(32,21(23,24)25)22(26,27)28/h11-14,17,32H,3-10,15H2,1-2H3. The maximum atomic E-state index is 13.3. The van der Waals surface area contributed by atoms with E-state index in [1.54, 1.807) is 4.90 Å². The Labute approximate surface area is 184 Å². The molecule has 0 aliphatic heterocycles. The van der Waals surface area contributed by atoms with Crippen LogP contribution in [0.3, 0.4) is 0 Å². The first-order valence-electron chi connectivity index (χ1n) is 10.9. The molecule has 1 aliphatic rings. The Kier molecular flexibility index (Phi) is 8.47. The molecule has 0 unspecified atom stereocenters. The number of carbonyl (C=O) groups is 1. The Bertz CT molecular complexity index is 728. The number of urea groups is 1. The summed E-state index contributed by atoms with van der Waals surface area (Å²) in [6.07, 6.45) is -5.70. The first-order valence-corrected chi connectivity index (χ1v) is 10.9. The second kappa shape index (κ2) is 10.3. The number of unbranched alkanes of at least 4 members (excludes halogenated alkanes) is 1. The van der Waals surface area contributed by atoms with Crippen LogP contribution in [-0.2, 0) is 5.60 Å². The molecule has 1 fully saturated rings. The number of hydrogen-bond donors (Lipinski definition) is 1. The third kappa shape index (κ3) is 5.32. The van der Waals surface area contributed by atoms with Crippen molar-refractivity contribution in [3.8, 4) is 0 Å². The number of hydrogen-bond acceptors (Lipinski definition) is 2. The summed E-state index contributed by atoms with van der Waals surface area (Å²) in [7, 11) is 0. The van der Waals surface area contributed by atoms with Crippen LogP contribution in [-0.4, -0.2) is 47.5 Å². The van der Waals surface area contributed by atoms with Gasteiger partial charge in [0.15, 0.2) is 0 Å². The third-order valence-electron chi connectivity index (χ3n) is 5.99. The fourth-order valence-corrected chi connectivity index (χ4v) is 4.12. The molecule has 0 atom stereocenters. The molecule has 0 heterocycles. The van der Waals surface area contributed by atoms with Gasteiger partial charge in [0.25, 0.3) is 5.60 Å². The molecule has 1 aliphatic carbocycles. The van der Waals surface area contributed by atoms with E-state index in [0.29, 0.717) is 25.1 Å². The highest BCUT2D eigenvalue weighted by molar-refractivity contribution is 5.92. The van der Waals surface area contributed by atoms with Gasteiger partial charge in [-0.25, -0.2) is 4.79 Å². The number of rotatable bonds is 7. The predicted molar refractivity (Wildman–Crippen MR) is 109 cm³/mol. The van der Waals surface area contributed by atoms with Crippen molar-refractivity contribution in [2.45, 2.75) is 82.8 Å². The Hall–Kier alpha value is -1.97. The maximum absolute atomic E-state index is 13.3. The molecule has 1 N–H and O–H groups in total. The fourth-order valence-electron chi connectivity index (χ4n) is 4.12. The number of amides is 2. The summed E-state index contributed by atoms with van der Waals surface area (Å²) in [6.45, 7) is 4.49. The Morgan fingerprint density at radius 1 is 0.969 bits per heavy atom. The number of nitrogens with zero attached hydrogens (tertiary/aromatic N) is 2. The van der Waals surface area contributed by atoms with Crippen molar-refractivity contribution in [1.29, 1.82) is 0 Å². The molecule has 1 saturated carbocycles. The molecule has 0 radical (unpaired) electrons. The quantitative estimate of drug-likeness (QED) is 0.472. The molecule has 0 saturated heterocycles. The topological polar surface area (TPSA) is 43.8 Å². The molecule has 1 aromatic carbocycles. The molecule has 1 aromatic rings. The van der Waals surface area contributed by atoms with E-state index >= 15 is 0 Å². The van der Waals surface area contributed by atoms with Crippen molar-refractivity contribution < 1.29 is 36.2 Å². The largest absolute Gasteiger partial charge is 0.430 e. The molecular formula is C22H30F6N2O2. The summed E-state index contributed by atoms with van der Waals surface area (Å²) in [4.78, 5) is 16.4. The van der Waals surface area contributed by atoms with Gasteiger partial charge >= 0.3 is 18.4 Å². The predicted octanol–water partition coefficient (Wildman–Crippen LogP) is 6.38. The van der Waals surface area contributed by atoms with E-state index < -0.39 is 23.5 Å². The second-order valence-corrected chi connectivity index (χ2v) is 8.12. The lowest BCUT2D eigenvalue weighted by atomic mass is 9.92. The molecule has 32 heavy (non-hydrogen) atoms. The molecule has 2 amide bonds. The monoisotopic (exact) mass is 468 g/mol. The summed E-state index contributed by atoms with van der Waals surface area (Å²) in [5.74, 6) is 0. The highest BCUT2D eigenvalue weighted by Crippen LogP contribution is 2.50. The molecule has 2 rings (SSSR count). The van der Waals surface area contributed by atoms with Crippen LogP contribution in [0, 0.1) is 0 Å². The highest BCUT2D eigenvalue weighted by Gasteiger charge is 2.71. The van der Waals surface area contributed by atoms with Crippen LogP contribution >= 0.6 is 0 Å². The van der Waals surface area contributed by atoms with Crippen molar-refractivity contribution in [3.05, 3.63) is 29.8 Å². The van der Waals surface area contributed by atoms with Gasteiger partial charge in [-0.05, 0) is 38.3 Å². The molecule has 0 spiro atoms. The number of benzene rings is 1. The van der Waals surface area contributed by atoms with Gasteiger partial charge in [0.1, 0.15) is 0 Å². The van der Waals surface area contributed by atoms with E-state index in [9.17, 15) is 36.2 Å². The zero-order chi connectivity index (χ0) is 24.2. The summed E-state index contributed by atoms with van der Waals surface area (Å²) in [5, 5.41) is 9.59. The van der Waals surface area contributed by atoms with Crippen molar-refractivity contribution in [1.82, 2.24) is 4.90 Å². The van der Waals surface area contributed by atoms with E-state index in [1.165, 1.54) is 4.90 Å². The van der Waals surface area contributed by atoms with Gasteiger partial charge in [0.2, 0.25) is 0 Å². The first-order chi connectivity index (χ1) is 14.9. The Morgan fingerprint density at radius 2 is 1.50 bits per heavy atom. The number of alkyl halides is 6. The molecule has 0 bridgehead atoms. The lowest BCUT2D eigenvalue weighted by molar-refractivity contribution is -0.376. The number of aliphatic hydroxyl groups is 1. The van der Waals surface area contributed by atoms with Gasteiger partial charge in [-0.3, -0.25) is 4.90 Å². The average molecular weight is 468 g/mol. The van der Waals surface area contributed by atoms with Crippen molar-refractivity contribution in [2.75, 3.05) is 18.0 Å². The van der Waals surface area contributed by atoms with Crippen LogP contribution in [0.2, 0.25) is 0 Å². The van der Waals surface area contributed by atoms with Crippen LogP contribution in [0.5, 0.6) is 0 Å². The first kappa shape index (κ1) is 26.3. The van der Waals surface area contributed by atoms with E-state index in [2.05, 4.69) is 0 Å². The maximum Gasteiger partial charge on any atom is 0.430 e. The molecule has 182 valence electrons. The lowest BCUT2D eigenvalue weighted by Gasteiger charge is -2.37. The Balaban J connectivity index is 2.38. The lowest BCUT2D eigenvalue weighted by Crippen LogP contribution is -2.54. The third-order valence-corrected chi connectivity index (χ3v) is 5.99. The van der Waals surface area contributed by atoms with Gasteiger partial charge in [0, 0.05) is 30.4 Å². The van der Waals surface area contributed by atoms with Crippen molar-refractivity contribution in [3.63, 3.8) is 0 Å². The minimum absolute atomic E-state index is 0.0604. The average Bonchev–Trinajstić information content (AvgIpc) is 2.73. The van der Waals surface area contributed by atoms with Crippen LogP contribution < -0.4 is 4.90 Å². The fraction of sp³-hybridized carbons (Fsp3) is 0.682. The van der Waals surface area contributed by atoms with Gasteiger partial charge in [-0.2, -0.15) is 26.3 Å². The minimum Gasteiger partial charge on any atom is -0.369 e. The van der Waals surface area contributed by atoms with E-state index in [1.807, 2.05) is 13.8 Å².